The Morgan fingerprint density at radius 3 is 2.40 bits per heavy atom. The van der Waals surface area contributed by atoms with Crippen LogP contribution in [-0.4, -0.2) is 41.0 Å². The second kappa shape index (κ2) is 4.28. The summed E-state index contributed by atoms with van der Waals surface area (Å²) < 4.78 is 5.54. The summed E-state index contributed by atoms with van der Waals surface area (Å²) in [6, 6.07) is -0.600. The Hall–Kier alpha value is -1.43. The third-order valence-corrected chi connectivity index (χ3v) is 5.29. The predicted molar refractivity (Wildman–Crippen MR) is 69.7 cm³/mol. The highest BCUT2D eigenvalue weighted by molar-refractivity contribution is 6.19. The van der Waals surface area contributed by atoms with Crippen molar-refractivity contribution in [3.05, 3.63) is 0 Å². The van der Waals surface area contributed by atoms with Crippen LogP contribution in [0.4, 0.5) is 4.79 Å². The van der Waals surface area contributed by atoms with Crippen LogP contribution in [0, 0.1) is 5.41 Å². The molecule has 3 fully saturated rings. The molecule has 20 heavy (non-hydrogen) atoms. The van der Waals surface area contributed by atoms with E-state index in [1.54, 1.807) is 0 Å². The van der Waals surface area contributed by atoms with Crippen LogP contribution in [0.1, 0.15) is 46.0 Å². The van der Waals surface area contributed by atoms with Gasteiger partial charge >= 0.3 is 6.03 Å². The lowest BCUT2D eigenvalue weighted by atomic mass is 9.79. The minimum Gasteiger partial charge on any atom is -0.376 e. The zero-order valence-corrected chi connectivity index (χ0v) is 11.9. The van der Waals surface area contributed by atoms with E-state index in [0.717, 1.165) is 12.8 Å². The van der Waals surface area contributed by atoms with Gasteiger partial charge < -0.3 is 4.74 Å². The normalized spacial score (nSPS) is 36.8. The first-order valence-electron chi connectivity index (χ1n) is 7.23. The molecule has 6 nitrogen and oxygen atoms in total. The van der Waals surface area contributed by atoms with E-state index in [2.05, 4.69) is 5.32 Å². The molecule has 1 saturated carbocycles. The highest BCUT2D eigenvalue weighted by atomic mass is 16.5. The van der Waals surface area contributed by atoms with E-state index in [1.807, 2.05) is 13.8 Å². The highest BCUT2D eigenvalue weighted by Gasteiger charge is 2.60. The largest absolute Gasteiger partial charge is 0.376 e. The molecule has 1 spiro atoms. The van der Waals surface area contributed by atoms with Gasteiger partial charge in [-0.15, -0.1) is 0 Å². The molecule has 0 bridgehead atoms. The van der Waals surface area contributed by atoms with Crippen LogP contribution >= 0.6 is 0 Å². The Bertz CT molecular complexity index is 484. The molecule has 2 saturated heterocycles. The van der Waals surface area contributed by atoms with Crippen LogP contribution in [0.15, 0.2) is 0 Å². The summed E-state index contributed by atoms with van der Waals surface area (Å²) >= 11 is 0. The third kappa shape index (κ3) is 1.57. The molecule has 1 aliphatic carbocycles. The van der Waals surface area contributed by atoms with Crippen LogP contribution in [-0.2, 0) is 14.3 Å². The standard InChI is InChI=1S/C14H20N2O4/c1-9-13(2,7-8-20-9)16-11(18)14(5-3-4-6-14)10(17)15-12(16)19/h9H,3-8H2,1-2H3,(H,15,17,19). The second-order valence-corrected chi connectivity index (χ2v) is 6.31. The summed E-state index contributed by atoms with van der Waals surface area (Å²) in [4.78, 5) is 38.5. The number of nitrogens with one attached hydrogen (secondary N) is 1. The van der Waals surface area contributed by atoms with Gasteiger partial charge in [-0.05, 0) is 33.1 Å². The Morgan fingerprint density at radius 2 is 1.85 bits per heavy atom. The molecule has 6 heteroatoms. The van der Waals surface area contributed by atoms with Crippen molar-refractivity contribution >= 4 is 17.8 Å². The Balaban J connectivity index is 2.00. The minimum absolute atomic E-state index is 0.219. The average molecular weight is 280 g/mol. The number of hydrogen-bond acceptors (Lipinski definition) is 4. The third-order valence-electron chi connectivity index (χ3n) is 5.29. The minimum atomic E-state index is -1.03. The van der Waals surface area contributed by atoms with E-state index < -0.39 is 22.9 Å². The van der Waals surface area contributed by atoms with Gasteiger partial charge in [0, 0.05) is 6.61 Å². The maximum absolute atomic E-state index is 12.9. The topological polar surface area (TPSA) is 75.7 Å². The zero-order valence-electron chi connectivity index (χ0n) is 11.9. The van der Waals surface area contributed by atoms with Gasteiger partial charge in [-0.25, -0.2) is 4.79 Å². The maximum atomic E-state index is 12.9. The van der Waals surface area contributed by atoms with Gasteiger partial charge in [-0.3, -0.25) is 19.8 Å². The number of ether oxygens (including phenoxy) is 1. The van der Waals surface area contributed by atoms with E-state index in [1.165, 1.54) is 4.90 Å². The average Bonchev–Trinajstić information content (AvgIpc) is 2.98. The van der Waals surface area contributed by atoms with Crippen molar-refractivity contribution in [2.45, 2.75) is 57.6 Å². The summed E-state index contributed by atoms with van der Waals surface area (Å²) in [6.45, 7) is 4.25. The van der Waals surface area contributed by atoms with Crippen molar-refractivity contribution in [1.29, 1.82) is 0 Å². The van der Waals surface area contributed by atoms with Gasteiger partial charge in [-0.1, -0.05) is 12.8 Å². The SMILES string of the molecule is CC1OCCC1(C)N1C(=O)NC(=O)C2(CCCC2)C1=O. The molecule has 2 unspecified atom stereocenters. The van der Waals surface area contributed by atoms with Crippen molar-refractivity contribution < 1.29 is 19.1 Å². The number of imide groups is 2. The lowest BCUT2D eigenvalue weighted by molar-refractivity contribution is -0.156. The van der Waals surface area contributed by atoms with E-state index in [0.29, 0.717) is 25.9 Å². The van der Waals surface area contributed by atoms with Gasteiger partial charge in [0.2, 0.25) is 11.8 Å². The zero-order chi connectivity index (χ0) is 14.5. The van der Waals surface area contributed by atoms with E-state index >= 15 is 0 Å². The summed E-state index contributed by atoms with van der Waals surface area (Å²) in [5.74, 6) is -0.750. The smallest absolute Gasteiger partial charge is 0.331 e. The number of carbonyl (C=O) groups excluding carboxylic acids is 3. The highest BCUT2D eigenvalue weighted by Crippen LogP contribution is 2.45. The summed E-state index contributed by atoms with van der Waals surface area (Å²) in [7, 11) is 0. The molecule has 0 aromatic heterocycles. The van der Waals surface area contributed by atoms with Gasteiger partial charge in [-0.2, -0.15) is 0 Å². The number of urea groups is 1. The number of rotatable bonds is 1. The van der Waals surface area contributed by atoms with E-state index in [-0.39, 0.29) is 12.0 Å². The molecule has 3 rings (SSSR count). The number of amides is 4. The van der Waals surface area contributed by atoms with Gasteiger partial charge in [0.05, 0.1) is 11.6 Å². The fourth-order valence-corrected chi connectivity index (χ4v) is 3.68. The molecule has 2 heterocycles. The lowest BCUT2D eigenvalue weighted by Gasteiger charge is -2.45. The first-order chi connectivity index (χ1) is 9.42. The van der Waals surface area contributed by atoms with Crippen molar-refractivity contribution in [2.24, 2.45) is 5.41 Å². The molecule has 1 N–H and O–H groups in total. The number of carbonyl (C=O) groups is 3. The van der Waals surface area contributed by atoms with Crippen LogP contribution in [0.5, 0.6) is 0 Å². The molecule has 0 radical (unpaired) electrons. The number of nitrogens with zero attached hydrogens (tertiary/aromatic N) is 1. The van der Waals surface area contributed by atoms with Gasteiger partial charge in [0.15, 0.2) is 0 Å². The van der Waals surface area contributed by atoms with Crippen molar-refractivity contribution in [3.63, 3.8) is 0 Å². The molecule has 2 aliphatic heterocycles. The van der Waals surface area contributed by atoms with E-state index in [4.69, 9.17) is 4.74 Å². The number of barbiturate groups is 1. The Labute approximate surface area is 117 Å². The van der Waals surface area contributed by atoms with Crippen LogP contribution in [0.3, 0.4) is 0 Å². The quantitative estimate of drug-likeness (QED) is 0.732. The lowest BCUT2D eigenvalue weighted by Crippen LogP contribution is -2.69. The summed E-state index contributed by atoms with van der Waals surface area (Å²) in [5.41, 5.74) is -1.70. The molecule has 2 atom stereocenters. The van der Waals surface area contributed by atoms with Crippen molar-refractivity contribution in [1.82, 2.24) is 10.2 Å². The van der Waals surface area contributed by atoms with Crippen LogP contribution in [0.2, 0.25) is 0 Å². The Morgan fingerprint density at radius 1 is 1.20 bits per heavy atom. The first-order valence-corrected chi connectivity index (χ1v) is 7.23. The molecule has 4 amide bonds. The molecule has 3 aliphatic rings. The fraction of sp³-hybridized carbons (Fsp3) is 0.786. The van der Waals surface area contributed by atoms with Crippen LogP contribution in [0.25, 0.3) is 0 Å². The summed E-state index contributed by atoms with van der Waals surface area (Å²) in [5, 5.41) is 2.39. The van der Waals surface area contributed by atoms with Gasteiger partial charge in [0.25, 0.3) is 0 Å². The molecular weight excluding hydrogens is 260 g/mol. The molecule has 0 aromatic rings. The first kappa shape index (κ1) is 13.5. The number of hydrogen-bond donors (Lipinski definition) is 1. The fourth-order valence-electron chi connectivity index (χ4n) is 3.68. The summed E-state index contributed by atoms with van der Waals surface area (Å²) in [6.07, 6.45) is 3.16. The van der Waals surface area contributed by atoms with Crippen LogP contribution < -0.4 is 5.32 Å². The second-order valence-electron chi connectivity index (χ2n) is 6.31. The maximum Gasteiger partial charge on any atom is 0.331 e. The Kier molecular flexibility index (Phi) is 2.90. The molecule has 110 valence electrons. The van der Waals surface area contributed by atoms with E-state index in [9.17, 15) is 14.4 Å². The van der Waals surface area contributed by atoms with Crippen molar-refractivity contribution in [2.75, 3.05) is 6.61 Å². The monoisotopic (exact) mass is 280 g/mol. The molecule has 0 aromatic carbocycles. The van der Waals surface area contributed by atoms with Crippen molar-refractivity contribution in [3.8, 4) is 0 Å². The van der Waals surface area contributed by atoms with Gasteiger partial charge in [0.1, 0.15) is 5.41 Å². The predicted octanol–water partition coefficient (Wildman–Crippen LogP) is 1.19. The molecular formula is C14H20N2O4.